The molecule has 0 fully saturated rings. The standard InChI is InChI=1S/C14H15FN2O/c1-10(2)16-13-7-4-8-17(14(13)18)12-6-3-5-11(15)9-12/h3-10,16H,1-2H3. The van der Waals surface area contributed by atoms with Crippen molar-refractivity contribution in [2.45, 2.75) is 19.9 Å². The Morgan fingerprint density at radius 2 is 2.00 bits per heavy atom. The van der Waals surface area contributed by atoms with Crippen LogP contribution in [0.25, 0.3) is 5.69 Å². The fourth-order valence-corrected chi connectivity index (χ4v) is 1.74. The van der Waals surface area contributed by atoms with Crippen LogP contribution in [0.1, 0.15) is 13.8 Å². The van der Waals surface area contributed by atoms with Crippen LogP contribution in [0, 0.1) is 5.82 Å². The van der Waals surface area contributed by atoms with Crippen molar-refractivity contribution in [2.75, 3.05) is 5.32 Å². The highest BCUT2D eigenvalue weighted by atomic mass is 19.1. The van der Waals surface area contributed by atoms with Gasteiger partial charge in [0.15, 0.2) is 0 Å². The van der Waals surface area contributed by atoms with Crippen LogP contribution in [-0.4, -0.2) is 10.6 Å². The number of aromatic nitrogens is 1. The number of hydrogen-bond donors (Lipinski definition) is 1. The average Bonchev–Trinajstić information content (AvgIpc) is 2.31. The van der Waals surface area contributed by atoms with Crippen molar-refractivity contribution < 1.29 is 4.39 Å². The molecule has 3 nitrogen and oxygen atoms in total. The first-order valence-corrected chi connectivity index (χ1v) is 5.82. The highest BCUT2D eigenvalue weighted by Gasteiger charge is 2.06. The SMILES string of the molecule is CC(C)Nc1cccn(-c2cccc(F)c2)c1=O. The van der Waals surface area contributed by atoms with Gasteiger partial charge in [0.1, 0.15) is 11.5 Å². The van der Waals surface area contributed by atoms with Crippen LogP contribution >= 0.6 is 0 Å². The Hall–Kier alpha value is -2.10. The molecule has 0 aliphatic rings. The van der Waals surface area contributed by atoms with Crippen LogP contribution < -0.4 is 10.9 Å². The summed E-state index contributed by atoms with van der Waals surface area (Å²) in [6.07, 6.45) is 1.63. The summed E-state index contributed by atoms with van der Waals surface area (Å²) in [4.78, 5) is 12.2. The fourth-order valence-electron chi connectivity index (χ4n) is 1.74. The molecule has 0 aliphatic carbocycles. The summed E-state index contributed by atoms with van der Waals surface area (Å²) in [5.74, 6) is -0.360. The lowest BCUT2D eigenvalue weighted by atomic mass is 10.3. The summed E-state index contributed by atoms with van der Waals surface area (Å²) in [5.41, 5.74) is 0.848. The van der Waals surface area contributed by atoms with Gasteiger partial charge in [0.25, 0.3) is 5.56 Å². The average molecular weight is 246 g/mol. The highest BCUT2D eigenvalue weighted by Crippen LogP contribution is 2.09. The van der Waals surface area contributed by atoms with Crippen molar-refractivity contribution >= 4 is 5.69 Å². The van der Waals surface area contributed by atoms with Crippen molar-refractivity contribution in [2.24, 2.45) is 0 Å². The minimum absolute atomic E-state index is 0.168. The Bertz CT molecular complexity index is 605. The van der Waals surface area contributed by atoms with E-state index in [2.05, 4.69) is 5.32 Å². The van der Waals surface area contributed by atoms with Crippen LogP contribution in [0.15, 0.2) is 47.4 Å². The summed E-state index contributed by atoms with van der Waals surface area (Å²) in [6.45, 7) is 3.91. The van der Waals surface area contributed by atoms with Crippen LogP contribution in [0.2, 0.25) is 0 Å². The van der Waals surface area contributed by atoms with Crippen LogP contribution in [0.3, 0.4) is 0 Å². The van der Waals surface area contributed by atoms with E-state index in [1.165, 1.54) is 16.7 Å². The maximum absolute atomic E-state index is 13.2. The summed E-state index contributed by atoms with van der Waals surface area (Å²) in [5, 5.41) is 3.07. The predicted octanol–water partition coefficient (Wildman–Crippen LogP) is 2.80. The number of rotatable bonds is 3. The Morgan fingerprint density at radius 1 is 1.22 bits per heavy atom. The van der Waals surface area contributed by atoms with Gasteiger partial charge in [0, 0.05) is 12.2 Å². The smallest absolute Gasteiger partial charge is 0.278 e. The van der Waals surface area contributed by atoms with Gasteiger partial charge >= 0.3 is 0 Å². The molecular formula is C14H15FN2O. The monoisotopic (exact) mass is 246 g/mol. The zero-order chi connectivity index (χ0) is 13.1. The summed E-state index contributed by atoms with van der Waals surface area (Å²) >= 11 is 0. The number of halogens is 1. The molecule has 0 saturated heterocycles. The predicted molar refractivity (Wildman–Crippen MR) is 70.8 cm³/mol. The zero-order valence-electron chi connectivity index (χ0n) is 10.4. The highest BCUT2D eigenvalue weighted by molar-refractivity contribution is 5.44. The minimum atomic E-state index is -0.360. The summed E-state index contributed by atoms with van der Waals surface area (Å²) < 4.78 is 14.6. The normalized spacial score (nSPS) is 10.7. The van der Waals surface area contributed by atoms with Crippen molar-refractivity contribution in [3.63, 3.8) is 0 Å². The molecule has 2 aromatic rings. The van der Waals surface area contributed by atoms with E-state index in [0.717, 1.165) is 0 Å². The second-order valence-electron chi connectivity index (χ2n) is 4.38. The largest absolute Gasteiger partial charge is 0.378 e. The second-order valence-corrected chi connectivity index (χ2v) is 4.38. The third-order valence-electron chi connectivity index (χ3n) is 2.48. The molecular weight excluding hydrogens is 231 g/mol. The molecule has 0 radical (unpaired) electrons. The molecule has 94 valence electrons. The fraction of sp³-hybridized carbons (Fsp3) is 0.214. The molecule has 0 spiro atoms. The number of pyridine rings is 1. The number of nitrogens with zero attached hydrogens (tertiary/aromatic N) is 1. The lowest BCUT2D eigenvalue weighted by Crippen LogP contribution is -2.24. The van der Waals surface area contributed by atoms with E-state index in [-0.39, 0.29) is 17.4 Å². The first-order valence-electron chi connectivity index (χ1n) is 5.82. The van der Waals surface area contributed by atoms with Gasteiger partial charge in [-0.05, 0) is 44.2 Å². The molecule has 18 heavy (non-hydrogen) atoms. The molecule has 0 bridgehead atoms. The molecule has 0 unspecified atom stereocenters. The van der Waals surface area contributed by atoms with Crippen LogP contribution in [-0.2, 0) is 0 Å². The van der Waals surface area contributed by atoms with Crippen molar-refractivity contribution in [1.82, 2.24) is 4.57 Å². The molecule has 1 N–H and O–H groups in total. The number of nitrogens with one attached hydrogen (secondary N) is 1. The molecule has 0 saturated carbocycles. The van der Waals surface area contributed by atoms with Gasteiger partial charge in [-0.1, -0.05) is 6.07 Å². The second kappa shape index (κ2) is 5.04. The van der Waals surface area contributed by atoms with E-state index in [0.29, 0.717) is 11.4 Å². The lowest BCUT2D eigenvalue weighted by Gasteiger charge is -2.12. The third kappa shape index (κ3) is 2.59. The number of benzene rings is 1. The molecule has 1 aromatic carbocycles. The first kappa shape index (κ1) is 12.4. The van der Waals surface area contributed by atoms with Crippen molar-refractivity contribution in [1.29, 1.82) is 0 Å². The van der Waals surface area contributed by atoms with E-state index in [1.807, 2.05) is 13.8 Å². The van der Waals surface area contributed by atoms with Crippen molar-refractivity contribution in [3.05, 3.63) is 58.8 Å². The lowest BCUT2D eigenvalue weighted by molar-refractivity contribution is 0.626. The topological polar surface area (TPSA) is 34.0 Å². The van der Waals surface area contributed by atoms with E-state index < -0.39 is 0 Å². The maximum atomic E-state index is 13.2. The minimum Gasteiger partial charge on any atom is -0.378 e. The quantitative estimate of drug-likeness (QED) is 0.903. The van der Waals surface area contributed by atoms with Gasteiger partial charge in [0.2, 0.25) is 0 Å². The maximum Gasteiger partial charge on any atom is 0.278 e. The van der Waals surface area contributed by atoms with Gasteiger partial charge in [-0.15, -0.1) is 0 Å². The number of anilines is 1. The number of hydrogen-bond acceptors (Lipinski definition) is 2. The third-order valence-corrected chi connectivity index (χ3v) is 2.48. The van der Waals surface area contributed by atoms with Crippen molar-refractivity contribution in [3.8, 4) is 5.69 Å². The van der Waals surface area contributed by atoms with Gasteiger partial charge in [0.05, 0.1) is 5.69 Å². The Balaban J connectivity index is 2.49. The van der Waals surface area contributed by atoms with E-state index in [9.17, 15) is 9.18 Å². The molecule has 1 aromatic heterocycles. The Morgan fingerprint density at radius 3 is 2.67 bits per heavy atom. The van der Waals surface area contributed by atoms with E-state index >= 15 is 0 Å². The molecule has 1 heterocycles. The summed E-state index contributed by atoms with van der Waals surface area (Å²) in [6, 6.07) is 9.62. The molecule has 0 atom stereocenters. The molecule has 0 aliphatic heterocycles. The molecule has 4 heteroatoms. The Kier molecular flexibility index (Phi) is 3.46. The molecule has 0 amide bonds. The van der Waals surface area contributed by atoms with Gasteiger partial charge in [-0.2, -0.15) is 0 Å². The summed E-state index contributed by atoms with van der Waals surface area (Å²) in [7, 11) is 0. The van der Waals surface area contributed by atoms with Crippen LogP contribution in [0.4, 0.5) is 10.1 Å². The zero-order valence-corrected chi connectivity index (χ0v) is 10.4. The van der Waals surface area contributed by atoms with Gasteiger partial charge in [-0.25, -0.2) is 4.39 Å². The Labute approximate surface area is 105 Å². The van der Waals surface area contributed by atoms with E-state index in [4.69, 9.17) is 0 Å². The molecule has 2 rings (SSSR count). The van der Waals surface area contributed by atoms with Gasteiger partial charge < -0.3 is 5.32 Å². The van der Waals surface area contributed by atoms with E-state index in [1.54, 1.807) is 30.5 Å². The van der Waals surface area contributed by atoms with Gasteiger partial charge in [-0.3, -0.25) is 9.36 Å². The first-order chi connectivity index (χ1) is 8.58. The van der Waals surface area contributed by atoms with Crippen LogP contribution in [0.5, 0.6) is 0 Å².